The lowest BCUT2D eigenvalue weighted by atomic mass is 10.2. The summed E-state index contributed by atoms with van der Waals surface area (Å²) in [6.45, 7) is 0. The van der Waals surface area contributed by atoms with Crippen LogP contribution in [0.3, 0.4) is 0 Å². The van der Waals surface area contributed by atoms with Crippen LogP contribution in [-0.4, -0.2) is 31.1 Å². The Morgan fingerprint density at radius 2 is 1.70 bits per heavy atom. The van der Waals surface area contributed by atoms with E-state index in [1.54, 1.807) is 30.3 Å². The van der Waals surface area contributed by atoms with Crippen molar-refractivity contribution in [2.24, 2.45) is 0 Å². The fourth-order valence-corrected chi connectivity index (χ4v) is 1.85. The Labute approximate surface area is 132 Å². The zero-order valence-electron chi connectivity index (χ0n) is 12.6. The number of nitrogens with one attached hydrogen (secondary N) is 2. The Kier molecular flexibility index (Phi) is 5.03. The molecular formula is C16H16N2O5. The van der Waals surface area contributed by atoms with E-state index in [-0.39, 0.29) is 5.75 Å². The molecule has 2 aromatic rings. The Morgan fingerprint density at radius 3 is 2.35 bits per heavy atom. The van der Waals surface area contributed by atoms with Crippen LogP contribution in [0.4, 0.5) is 11.4 Å². The van der Waals surface area contributed by atoms with E-state index in [9.17, 15) is 14.7 Å². The van der Waals surface area contributed by atoms with Crippen LogP contribution in [-0.2, 0) is 9.59 Å². The van der Waals surface area contributed by atoms with Crippen molar-refractivity contribution in [1.82, 2.24) is 0 Å². The van der Waals surface area contributed by atoms with E-state index in [4.69, 9.17) is 9.47 Å². The third kappa shape index (κ3) is 4.13. The molecule has 0 saturated carbocycles. The van der Waals surface area contributed by atoms with Gasteiger partial charge in [-0.05, 0) is 24.3 Å². The SMILES string of the molecule is COc1ccc(NC(=O)C(=O)Nc2cccc(O)c2)c(OC)c1. The number of phenols is 1. The van der Waals surface area contributed by atoms with Crippen LogP contribution >= 0.6 is 0 Å². The van der Waals surface area contributed by atoms with Crippen molar-refractivity contribution in [1.29, 1.82) is 0 Å². The number of rotatable bonds is 4. The minimum Gasteiger partial charge on any atom is -0.508 e. The standard InChI is InChI=1S/C16H16N2O5/c1-22-12-6-7-13(14(9-12)23-2)18-16(21)15(20)17-10-4-3-5-11(19)8-10/h3-9,19H,1-2H3,(H,17,20)(H,18,21). The maximum Gasteiger partial charge on any atom is 0.314 e. The number of hydrogen-bond acceptors (Lipinski definition) is 5. The van der Waals surface area contributed by atoms with Crippen molar-refractivity contribution in [2.75, 3.05) is 24.9 Å². The van der Waals surface area contributed by atoms with E-state index in [1.165, 1.54) is 26.4 Å². The molecule has 0 fully saturated rings. The van der Waals surface area contributed by atoms with Crippen LogP contribution in [0.2, 0.25) is 0 Å². The average Bonchev–Trinajstić information content (AvgIpc) is 2.55. The van der Waals surface area contributed by atoms with Gasteiger partial charge in [0, 0.05) is 17.8 Å². The van der Waals surface area contributed by atoms with Crippen molar-refractivity contribution in [3.63, 3.8) is 0 Å². The minimum atomic E-state index is -0.867. The molecule has 120 valence electrons. The normalized spacial score (nSPS) is 9.83. The van der Waals surface area contributed by atoms with Crippen LogP contribution in [0.25, 0.3) is 0 Å². The van der Waals surface area contributed by atoms with Gasteiger partial charge in [0.05, 0.1) is 19.9 Å². The Hall–Kier alpha value is -3.22. The highest BCUT2D eigenvalue weighted by Gasteiger charge is 2.16. The number of amides is 2. The van der Waals surface area contributed by atoms with Crippen LogP contribution in [0.1, 0.15) is 0 Å². The second-order valence-electron chi connectivity index (χ2n) is 4.52. The van der Waals surface area contributed by atoms with Crippen molar-refractivity contribution < 1.29 is 24.2 Å². The number of carbonyl (C=O) groups is 2. The molecule has 0 unspecified atom stereocenters. The van der Waals surface area contributed by atoms with Crippen LogP contribution in [0, 0.1) is 0 Å². The van der Waals surface area contributed by atoms with Crippen LogP contribution in [0.5, 0.6) is 17.2 Å². The number of anilines is 2. The zero-order valence-corrected chi connectivity index (χ0v) is 12.6. The largest absolute Gasteiger partial charge is 0.508 e. The highest BCUT2D eigenvalue weighted by molar-refractivity contribution is 6.43. The third-order valence-corrected chi connectivity index (χ3v) is 2.97. The average molecular weight is 316 g/mol. The quantitative estimate of drug-likeness (QED) is 0.750. The molecule has 3 N–H and O–H groups in total. The molecule has 2 amide bonds. The van der Waals surface area contributed by atoms with Gasteiger partial charge < -0.3 is 25.2 Å². The predicted octanol–water partition coefficient (Wildman–Crippen LogP) is 1.99. The summed E-state index contributed by atoms with van der Waals surface area (Å²) in [7, 11) is 2.95. The molecule has 7 heteroatoms. The molecule has 0 aromatic heterocycles. The van der Waals surface area contributed by atoms with Gasteiger partial charge in [-0.15, -0.1) is 0 Å². The first-order valence-corrected chi connectivity index (χ1v) is 6.67. The molecule has 0 saturated heterocycles. The molecule has 0 bridgehead atoms. The van der Waals surface area contributed by atoms with Gasteiger partial charge in [0.2, 0.25) is 0 Å². The summed E-state index contributed by atoms with van der Waals surface area (Å²) in [5, 5.41) is 14.2. The van der Waals surface area contributed by atoms with Gasteiger partial charge in [-0.1, -0.05) is 6.07 Å². The van der Waals surface area contributed by atoms with Gasteiger partial charge in [0.1, 0.15) is 17.2 Å². The summed E-state index contributed by atoms with van der Waals surface area (Å²) in [5.74, 6) is -0.822. The zero-order chi connectivity index (χ0) is 16.8. The molecule has 2 rings (SSSR count). The Balaban J connectivity index is 2.08. The molecule has 0 atom stereocenters. The summed E-state index contributed by atoms with van der Waals surface area (Å²) >= 11 is 0. The number of phenolic OH excluding ortho intramolecular Hbond substituents is 1. The van der Waals surface area contributed by atoms with Gasteiger partial charge in [-0.2, -0.15) is 0 Å². The summed E-state index contributed by atoms with van der Waals surface area (Å²) < 4.78 is 10.2. The number of carbonyl (C=O) groups excluding carboxylic acids is 2. The third-order valence-electron chi connectivity index (χ3n) is 2.97. The van der Waals surface area contributed by atoms with Gasteiger partial charge in [0.15, 0.2) is 0 Å². The highest BCUT2D eigenvalue weighted by Crippen LogP contribution is 2.29. The van der Waals surface area contributed by atoms with Gasteiger partial charge in [0.25, 0.3) is 0 Å². The fourth-order valence-electron chi connectivity index (χ4n) is 1.85. The van der Waals surface area contributed by atoms with Crippen LogP contribution in [0.15, 0.2) is 42.5 Å². The first-order valence-electron chi connectivity index (χ1n) is 6.67. The van der Waals surface area contributed by atoms with E-state index in [0.29, 0.717) is 22.9 Å². The number of aromatic hydroxyl groups is 1. The summed E-state index contributed by atoms with van der Waals surface area (Å²) in [4.78, 5) is 23.8. The number of methoxy groups -OCH3 is 2. The lowest BCUT2D eigenvalue weighted by Crippen LogP contribution is -2.29. The highest BCUT2D eigenvalue weighted by atomic mass is 16.5. The summed E-state index contributed by atoms with van der Waals surface area (Å²) in [6, 6.07) is 10.7. The van der Waals surface area contributed by atoms with E-state index >= 15 is 0 Å². The van der Waals surface area contributed by atoms with Crippen molar-refractivity contribution in [3.05, 3.63) is 42.5 Å². The molecule has 0 aliphatic heterocycles. The number of hydrogen-bond donors (Lipinski definition) is 3. The molecule has 0 radical (unpaired) electrons. The van der Waals surface area contributed by atoms with E-state index in [2.05, 4.69) is 10.6 Å². The molecule has 0 spiro atoms. The molecule has 0 aliphatic rings. The van der Waals surface area contributed by atoms with Crippen LogP contribution < -0.4 is 20.1 Å². The maximum absolute atomic E-state index is 12.0. The monoisotopic (exact) mass is 316 g/mol. The Morgan fingerprint density at radius 1 is 0.957 bits per heavy atom. The van der Waals surface area contributed by atoms with E-state index in [1.807, 2.05) is 0 Å². The lowest BCUT2D eigenvalue weighted by molar-refractivity contribution is -0.133. The number of benzene rings is 2. The first-order chi connectivity index (χ1) is 11.0. The molecule has 7 nitrogen and oxygen atoms in total. The van der Waals surface area contributed by atoms with Crippen molar-refractivity contribution >= 4 is 23.2 Å². The smallest absolute Gasteiger partial charge is 0.314 e. The van der Waals surface area contributed by atoms with Crippen molar-refractivity contribution in [2.45, 2.75) is 0 Å². The van der Waals surface area contributed by atoms with E-state index in [0.717, 1.165) is 0 Å². The van der Waals surface area contributed by atoms with Gasteiger partial charge >= 0.3 is 11.8 Å². The van der Waals surface area contributed by atoms with Gasteiger partial charge in [-0.3, -0.25) is 9.59 Å². The first kappa shape index (κ1) is 16.2. The predicted molar refractivity (Wildman–Crippen MR) is 84.9 cm³/mol. The minimum absolute atomic E-state index is 0.0139. The second-order valence-corrected chi connectivity index (χ2v) is 4.52. The Bertz CT molecular complexity index is 730. The summed E-state index contributed by atoms with van der Waals surface area (Å²) in [5.41, 5.74) is 0.649. The topological polar surface area (TPSA) is 96.9 Å². The molecule has 0 aliphatic carbocycles. The van der Waals surface area contributed by atoms with E-state index < -0.39 is 11.8 Å². The molecule has 0 heterocycles. The van der Waals surface area contributed by atoms with Crippen molar-refractivity contribution in [3.8, 4) is 17.2 Å². The molecule has 2 aromatic carbocycles. The fraction of sp³-hybridized carbons (Fsp3) is 0.125. The lowest BCUT2D eigenvalue weighted by Gasteiger charge is -2.11. The molecular weight excluding hydrogens is 300 g/mol. The maximum atomic E-state index is 12.0. The number of ether oxygens (including phenoxy) is 2. The summed E-state index contributed by atoms with van der Waals surface area (Å²) in [6.07, 6.45) is 0. The molecule has 23 heavy (non-hydrogen) atoms. The second kappa shape index (κ2) is 7.17. The van der Waals surface area contributed by atoms with Gasteiger partial charge in [-0.25, -0.2) is 0 Å².